The first-order valence-electron chi connectivity index (χ1n) is 7.68. The fraction of sp³-hybridized carbons (Fsp3) is 0.250. The zero-order valence-corrected chi connectivity index (χ0v) is 13.3. The molecule has 1 heterocycles. The predicted octanol–water partition coefficient (Wildman–Crippen LogP) is 0.376. The molecule has 0 unspecified atom stereocenters. The summed E-state index contributed by atoms with van der Waals surface area (Å²) in [7, 11) is 0. The number of anilines is 1. The number of aromatic nitrogens is 2. The van der Waals surface area contributed by atoms with Crippen molar-refractivity contribution in [1.82, 2.24) is 15.3 Å². The van der Waals surface area contributed by atoms with Crippen LogP contribution in [-0.2, 0) is 16.1 Å². The molecule has 1 fully saturated rings. The van der Waals surface area contributed by atoms with Gasteiger partial charge in [-0.1, -0.05) is 6.07 Å². The Morgan fingerprint density at radius 2 is 1.77 bits per heavy atom. The van der Waals surface area contributed by atoms with E-state index in [-0.39, 0.29) is 24.9 Å². The van der Waals surface area contributed by atoms with Gasteiger partial charge in [0.25, 0.3) is 5.56 Å². The quantitative estimate of drug-likeness (QED) is 0.573. The summed E-state index contributed by atoms with van der Waals surface area (Å²) in [5.41, 5.74) is -3.32. The van der Waals surface area contributed by atoms with Gasteiger partial charge in [-0.15, -0.1) is 0 Å². The minimum atomic E-state index is -1.44. The average molecular weight is 364 g/mol. The smallest absolute Gasteiger partial charge is 0.325 e. The topological polar surface area (TPSA) is 124 Å². The average Bonchev–Trinajstić information content (AvgIpc) is 3.39. The molecule has 1 aromatic heterocycles. The maximum absolute atomic E-state index is 13.6. The SMILES string of the molecule is O=C(NCc1c[nH]c(=O)[nH]c1=O)C1(C(=O)Nc2c(F)cccc2F)CC1. The molecule has 0 atom stereocenters. The highest BCUT2D eigenvalue weighted by Gasteiger charge is 2.56. The zero-order valence-electron chi connectivity index (χ0n) is 13.3. The van der Waals surface area contributed by atoms with Gasteiger partial charge in [-0.3, -0.25) is 19.4 Å². The summed E-state index contributed by atoms with van der Waals surface area (Å²) in [6, 6.07) is 3.13. The van der Waals surface area contributed by atoms with Gasteiger partial charge in [-0.05, 0) is 25.0 Å². The number of H-pyrrole nitrogens is 2. The van der Waals surface area contributed by atoms with Crippen LogP contribution in [0.2, 0.25) is 0 Å². The minimum absolute atomic E-state index is 0.0920. The molecule has 2 amide bonds. The third-order valence-corrected chi connectivity index (χ3v) is 4.16. The van der Waals surface area contributed by atoms with Crippen LogP contribution in [0.25, 0.3) is 0 Å². The van der Waals surface area contributed by atoms with Gasteiger partial charge in [0, 0.05) is 12.7 Å². The molecule has 4 N–H and O–H groups in total. The fourth-order valence-electron chi connectivity index (χ4n) is 2.45. The monoisotopic (exact) mass is 364 g/mol. The lowest BCUT2D eigenvalue weighted by atomic mass is 10.0. The second-order valence-corrected chi connectivity index (χ2v) is 5.91. The lowest BCUT2D eigenvalue weighted by molar-refractivity contribution is -0.134. The van der Waals surface area contributed by atoms with E-state index >= 15 is 0 Å². The standard InChI is InChI=1S/C16H14F2N4O4/c17-9-2-1-3-10(18)11(9)21-14(25)16(4-5-16)13(24)19-6-8-7-20-15(26)22-12(8)23/h1-3,7H,4-6H2,(H,19,24)(H,21,25)(H2,20,22,23,26). The second kappa shape index (κ2) is 6.54. The molecule has 10 heteroatoms. The van der Waals surface area contributed by atoms with Crippen LogP contribution in [0.15, 0.2) is 34.0 Å². The first-order valence-corrected chi connectivity index (χ1v) is 7.68. The lowest BCUT2D eigenvalue weighted by Gasteiger charge is -2.16. The van der Waals surface area contributed by atoms with Crippen LogP contribution >= 0.6 is 0 Å². The van der Waals surface area contributed by atoms with Crippen molar-refractivity contribution in [3.63, 3.8) is 0 Å². The summed E-state index contributed by atoms with van der Waals surface area (Å²) in [5.74, 6) is -3.39. The normalized spacial score (nSPS) is 14.5. The Labute approximate surface area is 144 Å². The van der Waals surface area contributed by atoms with Gasteiger partial charge in [0.1, 0.15) is 22.7 Å². The van der Waals surface area contributed by atoms with Crippen LogP contribution in [0, 0.1) is 17.0 Å². The van der Waals surface area contributed by atoms with E-state index in [4.69, 9.17) is 0 Å². The molecule has 1 aliphatic rings. The number of carbonyl (C=O) groups excluding carboxylic acids is 2. The predicted molar refractivity (Wildman–Crippen MR) is 86.2 cm³/mol. The van der Waals surface area contributed by atoms with Crippen molar-refractivity contribution >= 4 is 17.5 Å². The molecule has 0 bridgehead atoms. The van der Waals surface area contributed by atoms with Gasteiger partial charge < -0.3 is 15.6 Å². The number of benzene rings is 1. The van der Waals surface area contributed by atoms with E-state index in [1.807, 2.05) is 4.98 Å². The summed E-state index contributed by atoms with van der Waals surface area (Å²) in [6.45, 7) is -0.214. The van der Waals surface area contributed by atoms with E-state index in [1.54, 1.807) is 0 Å². The Morgan fingerprint density at radius 3 is 2.35 bits per heavy atom. The minimum Gasteiger partial charge on any atom is -0.351 e. The molecule has 26 heavy (non-hydrogen) atoms. The van der Waals surface area contributed by atoms with Gasteiger partial charge in [-0.2, -0.15) is 0 Å². The van der Waals surface area contributed by atoms with Crippen molar-refractivity contribution in [2.45, 2.75) is 19.4 Å². The van der Waals surface area contributed by atoms with Crippen LogP contribution in [-0.4, -0.2) is 21.8 Å². The first kappa shape index (κ1) is 17.5. The maximum atomic E-state index is 13.6. The maximum Gasteiger partial charge on any atom is 0.325 e. The number of para-hydroxylation sites is 1. The van der Waals surface area contributed by atoms with E-state index in [0.717, 1.165) is 24.4 Å². The molecule has 1 saturated carbocycles. The van der Waals surface area contributed by atoms with Gasteiger partial charge in [0.2, 0.25) is 11.8 Å². The Morgan fingerprint density at radius 1 is 1.12 bits per heavy atom. The van der Waals surface area contributed by atoms with Crippen molar-refractivity contribution < 1.29 is 18.4 Å². The van der Waals surface area contributed by atoms with Crippen molar-refractivity contribution in [3.05, 3.63) is 62.4 Å². The Bertz CT molecular complexity index is 974. The van der Waals surface area contributed by atoms with Crippen LogP contribution in [0.3, 0.4) is 0 Å². The summed E-state index contributed by atoms with van der Waals surface area (Å²) >= 11 is 0. The van der Waals surface area contributed by atoms with Gasteiger partial charge >= 0.3 is 5.69 Å². The molecule has 1 aliphatic carbocycles. The van der Waals surface area contributed by atoms with Crippen molar-refractivity contribution in [1.29, 1.82) is 0 Å². The van der Waals surface area contributed by atoms with Crippen LogP contribution in [0.1, 0.15) is 18.4 Å². The highest BCUT2D eigenvalue weighted by atomic mass is 19.1. The third kappa shape index (κ3) is 3.25. The van der Waals surface area contributed by atoms with Crippen LogP contribution in [0.4, 0.5) is 14.5 Å². The number of carbonyl (C=O) groups is 2. The van der Waals surface area contributed by atoms with Gasteiger partial charge in [0.05, 0.1) is 5.56 Å². The van der Waals surface area contributed by atoms with Crippen molar-refractivity contribution in [3.8, 4) is 0 Å². The summed E-state index contributed by atoms with van der Waals surface area (Å²) < 4.78 is 27.3. The molecule has 1 aromatic carbocycles. The third-order valence-electron chi connectivity index (χ3n) is 4.16. The largest absolute Gasteiger partial charge is 0.351 e. The molecule has 0 spiro atoms. The molecule has 0 radical (unpaired) electrons. The second-order valence-electron chi connectivity index (χ2n) is 5.91. The summed E-state index contributed by atoms with van der Waals surface area (Å²) in [5, 5.41) is 4.54. The number of nitrogens with one attached hydrogen (secondary N) is 4. The highest BCUT2D eigenvalue weighted by Crippen LogP contribution is 2.47. The van der Waals surface area contributed by atoms with E-state index in [2.05, 4.69) is 15.6 Å². The van der Waals surface area contributed by atoms with Gasteiger partial charge in [-0.25, -0.2) is 13.6 Å². The number of rotatable bonds is 5. The highest BCUT2D eigenvalue weighted by molar-refractivity contribution is 6.13. The van der Waals surface area contributed by atoms with Crippen molar-refractivity contribution in [2.24, 2.45) is 5.41 Å². The summed E-state index contributed by atoms with van der Waals surface area (Å²) in [4.78, 5) is 51.5. The molecule has 8 nitrogen and oxygen atoms in total. The number of hydrogen-bond acceptors (Lipinski definition) is 4. The molecule has 2 aromatic rings. The van der Waals surface area contributed by atoms with Crippen molar-refractivity contribution in [2.75, 3.05) is 5.32 Å². The number of aromatic amines is 2. The molecular formula is C16H14F2N4O4. The van der Waals surface area contributed by atoms with Gasteiger partial charge in [0.15, 0.2) is 0 Å². The van der Waals surface area contributed by atoms with E-state index < -0.39 is 45.8 Å². The molecule has 0 aliphatic heterocycles. The molecular weight excluding hydrogens is 350 g/mol. The first-order chi connectivity index (χ1) is 12.3. The summed E-state index contributed by atoms with van der Waals surface area (Å²) in [6.07, 6.45) is 1.57. The number of hydrogen-bond donors (Lipinski definition) is 4. The Kier molecular flexibility index (Phi) is 4.41. The number of halogens is 2. The number of amides is 2. The Hall–Kier alpha value is -3.30. The zero-order chi connectivity index (χ0) is 18.9. The Balaban J connectivity index is 1.69. The molecule has 136 valence electrons. The fourth-order valence-corrected chi connectivity index (χ4v) is 2.45. The van der Waals surface area contributed by atoms with Crippen LogP contribution in [0.5, 0.6) is 0 Å². The molecule has 0 saturated heterocycles. The van der Waals surface area contributed by atoms with E-state index in [0.29, 0.717) is 0 Å². The molecule has 3 rings (SSSR count). The van der Waals surface area contributed by atoms with E-state index in [1.165, 1.54) is 0 Å². The van der Waals surface area contributed by atoms with E-state index in [9.17, 15) is 28.0 Å². The lowest BCUT2D eigenvalue weighted by Crippen LogP contribution is -2.41. The van der Waals surface area contributed by atoms with Crippen LogP contribution < -0.4 is 21.9 Å².